The quantitative estimate of drug-likeness (QED) is 0.550. The van der Waals surface area contributed by atoms with Crippen LogP contribution in [0.1, 0.15) is 39.0 Å². The minimum absolute atomic E-state index is 1.16. The molecule has 0 aromatic rings. The molecular formula is C12H20S. The molecule has 0 aromatic carbocycles. The van der Waals surface area contributed by atoms with Crippen LogP contribution >= 0.6 is 11.8 Å². The molecule has 0 amide bonds. The van der Waals surface area contributed by atoms with E-state index in [1.807, 2.05) is 0 Å². The zero-order valence-electron chi connectivity index (χ0n) is 8.59. The molecule has 0 radical (unpaired) electrons. The fourth-order valence-corrected chi connectivity index (χ4v) is 2.46. The van der Waals surface area contributed by atoms with Crippen LogP contribution in [0.25, 0.3) is 0 Å². The predicted molar refractivity (Wildman–Crippen MR) is 63.3 cm³/mol. The highest BCUT2D eigenvalue weighted by Crippen LogP contribution is 2.16. The molecule has 0 atom stereocenters. The lowest BCUT2D eigenvalue weighted by Crippen LogP contribution is -1.84. The molecule has 13 heavy (non-hydrogen) atoms. The number of hydrogen-bond donors (Lipinski definition) is 0. The first kappa shape index (κ1) is 10.9. The summed E-state index contributed by atoms with van der Waals surface area (Å²) in [5.41, 5.74) is 1.55. The molecule has 0 aliphatic heterocycles. The SMILES string of the molecule is CCCCSCCCC1=CCC=C1. The molecule has 0 bridgehead atoms. The average Bonchev–Trinajstić information content (AvgIpc) is 2.63. The van der Waals surface area contributed by atoms with E-state index >= 15 is 0 Å². The minimum atomic E-state index is 1.16. The summed E-state index contributed by atoms with van der Waals surface area (Å²) in [7, 11) is 0. The van der Waals surface area contributed by atoms with Gasteiger partial charge < -0.3 is 0 Å². The van der Waals surface area contributed by atoms with Crippen LogP contribution in [-0.4, -0.2) is 11.5 Å². The average molecular weight is 196 g/mol. The van der Waals surface area contributed by atoms with E-state index in [0.29, 0.717) is 0 Å². The molecule has 0 heterocycles. The van der Waals surface area contributed by atoms with Crippen LogP contribution in [-0.2, 0) is 0 Å². The number of rotatable bonds is 7. The summed E-state index contributed by atoms with van der Waals surface area (Å²) >= 11 is 2.11. The van der Waals surface area contributed by atoms with E-state index in [-0.39, 0.29) is 0 Å². The standard InChI is InChI=1S/C12H20S/c1-2-3-10-13-11-6-9-12-7-4-5-8-12/h4,7-8H,2-3,5-6,9-11H2,1H3. The van der Waals surface area contributed by atoms with E-state index < -0.39 is 0 Å². The van der Waals surface area contributed by atoms with Crippen molar-refractivity contribution in [3.8, 4) is 0 Å². The molecule has 0 saturated heterocycles. The fourth-order valence-electron chi connectivity index (χ4n) is 1.42. The molecule has 1 rings (SSSR count). The van der Waals surface area contributed by atoms with Gasteiger partial charge in [-0.25, -0.2) is 0 Å². The molecule has 0 saturated carbocycles. The Bertz CT molecular complexity index is 180. The zero-order valence-corrected chi connectivity index (χ0v) is 9.41. The Morgan fingerprint density at radius 1 is 1.31 bits per heavy atom. The van der Waals surface area contributed by atoms with Crippen LogP contribution in [0, 0.1) is 0 Å². The maximum absolute atomic E-state index is 2.34. The lowest BCUT2D eigenvalue weighted by atomic mass is 10.2. The van der Waals surface area contributed by atoms with Gasteiger partial charge in [-0.1, -0.05) is 37.1 Å². The third kappa shape index (κ3) is 5.20. The van der Waals surface area contributed by atoms with Gasteiger partial charge in [0, 0.05) is 0 Å². The summed E-state index contributed by atoms with van der Waals surface area (Å²) in [5, 5.41) is 0. The number of allylic oxidation sites excluding steroid dienone is 4. The normalized spacial score (nSPS) is 15.0. The first-order valence-electron chi connectivity index (χ1n) is 5.37. The summed E-state index contributed by atoms with van der Waals surface area (Å²) in [6.07, 6.45) is 13.4. The van der Waals surface area contributed by atoms with Crippen LogP contribution in [0.5, 0.6) is 0 Å². The smallest absolute Gasteiger partial charge is 0.00644 e. The Balaban J connectivity index is 1.86. The van der Waals surface area contributed by atoms with Gasteiger partial charge in [0.25, 0.3) is 0 Å². The van der Waals surface area contributed by atoms with Gasteiger partial charge in [-0.15, -0.1) is 0 Å². The first-order chi connectivity index (χ1) is 6.43. The van der Waals surface area contributed by atoms with Crippen molar-refractivity contribution >= 4 is 11.8 Å². The van der Waals surface area contributed by atoms with E-state index in [0.717, 1.165) is 6.42 Å². The zero-order chi connectivity index (χ0) is 9.36. The summed E-state index contributed by atoms with van der Waals surface area (Å²) in [6.45, 7) is 2.26. The second kappa shape index (κ2) is 7.25. The lowest BCUT2D eigenvalue weighted by Gasteiger charge is -2.00. The largest absolute Gasteiger partial charge is 0.162 e. The number of hydrogen-bond acceptors (Lipinski definition) is 1. The Morgan fingerprint density at radius 3 is 2.85 bits per heavy atom. The molecule has 74 valence electrons. The van der Waals surface area contributed by atoms with Crippen molar-refractivity contribution in [2.24, 2.45) is 0 Å². The molecule has 0 N–H and O–H groups in total. The molecule has 1 aliphatic rings. The molecule has 0 aromatic heterocycles. The van der Waals surface area contributed by atoms with E-state index in [1.54, 1.807) is 5.57 Å². The summed E-state index contributed by atoms with van der Waals surface area (Å²) in [5.74, 6) is 2.69. The van der Waals surface area contributed by atoms with Gasteiger partial charge in [-0.3, -0.25) is 0 Å². The lowest BCUT2D eigenvalue weighted by molar-refractivity contribution is 0.890. The second-order valence-corrected chi connectivity index (χ2v) is 4.71. The van der Waals surface area contributed by atoms with Crippen LogP contribution in [0.3, 0.4) is 0 Å². The molecular weight excluding hydrogens is 176 g/mol. The van der Waals surface area contributed by atoms with Gasteiger partial charge in [0.2, 0.25) is 0 Å². The highest BCUT2D eigenvalue weighted by atomic mass is 32.2. The van der Waals surface area contributed by atoms with Crippen LogP contribution < -0.4 is 0 Å². The van der Waals surface area contributed by atoms with Crippen molar-refractivity contribution < 1.29 is 0 Å². The third-order valence-corrected chi connectivity index (χ3v) is 3.40. The maximum atomic E-state index is 2.34. The van der Waals surface area contributed by atoms with Crippen molar-refractivity contribution in [2.45, 2.75) is 39.0 Å². The van der Waals surface area contributed by atoms with Crippen molar-refractivity contribution in [3.63, 3.8) is 0 Å². The monoisotopic (exact) mass is 196 g/mol. The first-order valence-corrected chi connectivity index (χ1v) is 6.52. The van der Waals surface area contributed by atoms with Gasteiger partial charge in [0.05, 0.1) is 0 Å². The van der Waals surface area contributed by atoms with Gasteiger partial charge in [-0.05, 0) is 37.2 Å². The van der Waals surface area contributed by atoms with Crippen LogP contribution in [0.4, 0.5) is 0 Å². The predicted octanol–water partition coefficient (Wildman–Crippen LogP) is 4.19. The molecule has 0 unspecified atom stereocenters. The maximum Gasteiger partial charge on any atom is -0.00644 e. The van der Waals surface area contributed by atoms with Gasteiger partial charge in [0.15, 0.2) is 0 Å². The summed E-state index contributed by atoms with van der Waals surface area (Å²) in [6, 6.07) is 0. The van der Waals surface area contributed by atoms with Crippen molar-refractivity contribution in [2.75, 3.05) is 11.5 Å². The summed E-state index contributed by atoms with van der Waals surface area (Å²) < 4.78 is 0. The molecule has 0 nitrogen and oxygen atoms in total. The second-order valence-electron chi connectivity index (χ2n) is 3.49. The van der Waals surface area contributed by atoms with E-state index in [1.165, 1.54) is 37.2 Å². The third-order valence-electron chi connectivity index (χ3n) is 2.24. The Labute approximate surface area is 86.5 Å². The van der Waals surface area contributed by atoms with Crippen molar-refractivity contribution in [3.05, 3.63) is 23.8 Å². The van der Waals surface area contributed by atoms with Crippen molar-refractivity contribution in [1.82, 2.24) is 0 Å². The van der Waals surface area contributed by atoms with E-state index in [4.69, 9.17) is 0 Å². The Hall–Kier alpha value is -0.170. The molecule has 1 aliphatic carbocycles. The van der Waals surface area contributed by atoms with E-state index in [9.17, 15) is 0 Å². The molecule has 0 spiro atoms. The van der Waals surface area contributed by atoms with Gasteiger partial charge >= 0.3 is 0 Å². The topological polar surface area (TPSA) is 0 Å². The highest BCUT2D eigenvalue weighted by Gasteiger charge is 1.97. The Kier molecular flexibility index (Phi) is 6.09. The highest BCUT2D eigenvalue weighted by molar-refractivity contribution is 7.99. The fraction of sp³-hybridized carbons (Fsp3) is 0.667. The van der Waals surface area contributed by atoms with E-state index in [2.05, 4.69) is 36.9 Å². The van der Waals surface area contributed by atoms with Crippen molar-refractivity contribution in [1.29, 1.82) is 0 Å². The van der Waals surface area contributed by atoms with Crippen LogP contribution in [0.15, 0.2) is 23.8 Å². The number of unbranched alkanes of at least 4 members (excludes halogenated alkanes) is 1. The van der Waals surface area contributed by atoms with Crippen LogP contribution in [0.2, 0.25) is 0 Å². The minimum Gasteiger partial charge on any atom is -0.162 e. The molecule has 1 heteroatoms. The molecule has 0 fully saturated rings. The Morgan fingerprint density at radius 2 is 2.15 bits per heavy atom. The number of thioether (sulfide) groups is 1. The van der Waals surface area contributed by atoms with Gasteiger partial charge in [0.1, 0.15) is 0 Å². The van der Waals surface area contributed by atoms with Gasteiger partial charge in [-0.2, -0.15) is 11.8 Å². The summed E-state index contributed by atoms with van der Waals surface area (Å²) in [4.78, 5) is 0.